The van der Waals surface area contributed by atoms with Crippen LogP contribution in [0, 0.1) is 5.92 Å². The molecule has 0 saturated heterocycles. The minimum absolute atomic E-state index is 0.0712. The van der Waals surface area contributed by atoms with E-state index in [1.165, 1.54) is 17.1 Å². The minimum atomic E-state index is -0.0712. The fourth-order valence-corrected chi connectivity index (χ4v) is 1.41. The van der Waals surface area contributed by atoms with Gasteiger partial charge in [-0.3, -0.25) is 9.36 Å². The Hall–Kier alpha value is -0.680. The SMILES string of the molecule is CC(C)COCCn1cncc(Br)c1=O. The van der Waals surface area contributed by atoms with Gasteiger partial charge in [-0.1, -0.05) is 13.8 Å². The Morgan fingerprint density at radius 3 is 3.00 bits per heavy atom. The monoisotopic (exact) mass is 274 g/mol. The summed E-state index contributed by atoms with van der Waals surface area (Å²) in [5, 5.41) is 0. The zero-order valence-corrected chi connectivity index (χ0v) is 10.5. The summed E-state index contributed by atoms with van der Waals surface area (Å²) in [7, 11) is 0. The molecule has 0 fully saturated rings. The van der Waals surface area contributed by atoms with Crippen molar-refractivity contribution < 1.29 is 4.74 Å². The molecule has 1 rings (SSSR count). The normalized spacial score (nSPS) is 10.9. The first-order chi connectivity index (χ1) is 7.11. The second kappa shape index (κ2) is 6.02. The van der Waals surface area contributed by atoms with Crippen molar-refractivity contribution >= 4 is 15.9 Å². The molecule has 84 valence electrons. The summed E-state index contributed by atoms with van der Waals surface area (Å²) < 4.78 is 7.40. The molecule has 15 heavy (non-hydrogen) atoms. The van der Waals surface area contributed by atoms with E-state index in [9.17, 15) is 4.79 Å². The van der Waals surface area contributed by atoms with Gasteiger partial charge in [0.2, 0.25) is 0 Å². The smallest absolute Gasteiger partial charge is 0.267 e. The first-order valence-electron chi connectivity index (χ1n) is 4.89. The molecule has 0 aliphatic carbocycles. The zero-order valence-electron chi connectivity index (χ0n) is 8.94. The molecule has 0 spiro atoms. The van der Waals surface area contributed by atoms with Gasteiger partial charge in [0.1, 0.15) is 4.47 Å². The van der Waals surface area contributed by atoms with Gasteiger partial charge >= 0.3 is 0 Å². The van der Waals surface area contributed by atoms with E-state index in [4.69, 9.17) is 4.74 Å². The van der Waals surface area contributed by atoms with Gasteiger partial charge in [0.15, 0.2) is 0 Å². The van der Waals surface area contributed by atoms with E-state index in [0.29, 0.717) is 23.5 Å². The maximum absolute atomic E-state index is 11.5. The first kappa shape index (κ1) is 12.4. The van der Waals surface area contributed by atoms with Crippen LogP contribution < -0.4 is 5.56 Å². The highest BCUT2D eigenvalue weighted by molar-refractivity contribution is 9.10. The molecule has 0 aliphatic heterocycles. The van der Waals surface area contributed by atoms with Crippen LogP contribution in [0.15, 0.2) is 21.8 Å². The third-order valence-corrected chi connectivity index (χ3v) is 2.33. The van der Waals surface area contributed by atoms with Crippen LogP contribution in [0.2, 0.25) is 0 Å². The summed E-state index contributed by atoms with van der Waals surface area (Å²) >= 11 is 3.14. The molecule has 0 radical (unpaired) electrons. The molecular weight excluding hydrogens is 260 g/mol. The molecule has 0 saturated carbocycles. The molecular formula is C10H15BrN2O2. The van der Waals surface area contributed by atoms with Gasteiger partial charge in [-0.15, -0.1) is 0 Å². The molecule has 1 aromatic heterocycles. The van der Waals surface area contributed by atoms with Crippen LogP contribution in [0.3, 0.4) is 0 Å². The Morgan fingerprint density at radius 1 is 1.60 bits per heavy atom. The molecule has 5 heteroatoms. The van der Waals surface area contributed by atoms with Crippen LogP contribution in [0.4, 0.5) is 0 Å². The summed E-state index contributed by atoms with van der Waals surface area (Å²) in [5.41, 5.74) is -0.0712. The lowest BCUT2D eigenvalue weighted by atomic mass is 10.2. The minimum Gasteiger partial charge on any atom is -0.379 e. The number of hydrogen-bond acceptors (Lipinski definition) is 3. The summed E-state index contributed by atoms with van der Waals surface area (Å²) in [6, 6.07) is 0. The van der Waals surface area contributed by atoms with Gasteiger partial charge in [-0.25, -0.2) is 4.98 Å². The standard InChI is InChI=1S/C10H15BrN2O2/c1-8(2)6-15-4-3-13-7-12-5-9(11)10(13)14/h5,7-8H,3-4,6H2,1-2H3. The van der Waals surface area contributed by atoms with E-state index < -0.39 is 0 Å². The van der Waals surface area contributed by atoms with E-state index in [2.05, 4.69) is 34.8 Å². The van der Waals surface area contributed by atoms with Crippen molar-refractivity contribution in [2.75, 3.05) is 13.2 Å². The van der Waals surface area contributed by atoms with Crippen LogP contribution in [0.1, 0.15) is 13.8 Å². The molecule has 0 aromatic carbocycles. The topological polar surface area (TPSA) is 44.1 Å². The Kier molecular flexibility index (Phi) is 4.98. The molecule has 4 nitrogen and oxygen atoms in total. The van der Waals surface area contributed by atoms with Gasteiger partial charge in [-0.2, -0.15) is 0 Å². The number of hydrogen-bond donors (Lipinski definition) is 0. The van der Waals surface area contributed by atoms with Crippen molar-refractivity contribution in [3.8, 4) is 0 Å². The molecule has 0 bridgehead atoms. The second-order valence-electron chi connectivity index (χ2n) is 3.71. The zero-order chi connectivity index (χ0) is 11.3. The molecule has 0 N–H and O–H groups in total. The average Bonchev–Trinajstić information content (AvgIpc) is 2.18. The Morgan fingerprint density at radius 2 is 2.33 bits per heavy atom. The third kappa shape index (κ3) is 4.13. The molecule has 1 aromatic rings. The maximum atomic E-state index is 11.5. The van der Waals surface area contributed by atoms with Crippen molar-refractivity contribution in [3.63, 3.8) is 0 Å². The van der Waals surface area contributed by atoms with Crippen LogP contribution in [-0.2, 0) is 11.3 Å². The van der Waals surface area contributed by atoms with E-state index in [1.54, 1.807) is 0 Å². The average molecular weight is 275 g/mol. The Balaban J connectivity index is 2.44. The second-order valence-corrected chi connectivity index (χ2v) is 4.56. The van der Waals surface area contributed by atoms with Crippen molar-refractivity contribution in [2.24, 2.45) is 5.92 Å². The number of ether oxygens (including phenoxy) is 1. The first-order valence-corrected chi connectivity index (χ1v) is 5.68. The van der Waals surface area contributed by atoms with E-state index in [-0.39, 0.29) is 5.56 Å². The highest BCUT2D eigenvalue weighted by Crippen LogP contribution is 1.98. The van der Waals surface area contributed by atoms with Gasteiger partial charge < -0.3 is 4.74 Å². The predicted molar refractivity (Wildman–Crippen MR) is 61.9 cm³/mol. The van der Waals surface area contributed by atoms with Crippen molar-refractivity contribution in [2.45, 2.75) is 20.4 Å². The molecule has 0 unspecified atom stereocenters. The van der Waals surface area contributed by atoms with Gasteiger partial charge in [0, 0.05) is 12.8 Å². The summed E-state index contributed by atoms with van der Waals surface area (Å²) in [6.45, 7) is 5.98. The van der Waals surface area contributed by atoms with Crippen LogP contribution >= 0.6 is 15.9 Å². The Bertz CT molecular complexity index is 363. The number of aromatic nitrogens is 2. The molecule has 0 amide bonds. The van der Waals surface area contributed by atoms with E-state index in [1.807, 2.05) is 0 Å². The van der Waals surface area contributed by atoms with Crippen molar-refractivity contribution in [1.82, 2.24) is 9.55 Å². The van der Waals surface area contributed by atoms with Crippen LogP contribution in [0.5, 0.6) is 0 Å². The highest BCUT2D eigenvalue weighted by atomic mass is 79.9. The summed E-state index contributed by atoms with van der Waals surface area (Å²) in [6.07, 6.45) is 3.01. The maximum Gasteiger partial charge on any atom is 0.267 e. The fourth-order valence-electron chi connectivity index (χ4n) is 1.07. The lowest BCUT2D eigenvalue weighted by Crippen LogP contribution is -2.23. The van der Waals surface area contributed by atoms with Crippen molar-refractivity contribution in [3.05, 3.63) is 27.4 Å². The number of rotatable bonds is 5. The van der Waals surface area contributed by atoms with E-state index >= 15 is 0 Å². The third-order valence-electron chi connectivity index (χ3n) is 1.79. The molecule has 0 atom stereocenters. The molecule has 0 aliphatic rings. The predicted octanol–water partition coefficient (Wildman–Crippen LogP) is 1.68. The summed E-state index contributed by atoms with van der Waals surface area (Å²) in [5.74, 6) is 0.516. The summed E-state index contributed by atoms with van der Waals surface area (Å²) in [4.78, 5) is 15.4. The Labute approximate surface area is 97.4 Å². The molecule has 1 heterocycles. The largest absolute Gasteiger partial charge is 0.379 e. The van der Waals surface area contributed by atoms with Crippen molar-refractivity contribution in [1.29, 1.82) is 0 Å². The number of nitrogens with zero attached hydrogens (tertiary/aromatic N) is 2. The van der Waals surface area contributed by atoms with Crippen LogP contribution in [-0.4, -0.2) is 22.8 Å². The fraction of sp³-hybridized carbons (Fsp3) is 0.600. The van der Waals surface area contributed by atoms with E-state index in [0.717, 1.165) is 6.61 Å². The quantitative estimate of drug-likeness (QED) is 0.768. The van der Waals surface area contributed by atoms with Gasteiger partial charge in [0.05, 0.1) is 19.5 Å². The van der Waals surface area contributed by atoms with Gasteiger partial charge in [0.25, 0.3) is 5.56 Å². The lowest BCUT2D eigenvalue weighted by Gasteiger charge is -2.08. The van der Waals surface area contributed by atoms with Gasteiger partial charge in [-0.05, 0) is 21.8 Å². The van der Waals surface area contributed by atoms with Crippen LogP contribution in [0.25, 0.3) is 0 Å². The highest BCUT2D eigenvalue weighted by Gasteiger charge is 2.00. The number of halogens is 1. The lowest BCUT2D eigenvalue weighted by molar-refractivity contribution is 0.102.